The molecule has 1 aliphatic carbocycles. The van der Waals surface area contributed by atoms with Crippen LogP contribution >= 0.6 is 0 Å². The molecule has 1 amide bonds. The van der Waals surface area contributed by atoms with Gasteiger partial charge >= 0.3 is 0 Å². The van der Waals surface area contributed by atoms with Crippen LogP contribution < -0.4 is 5.32 Å². The Labute approximate surface area is 86.1 Å². The van der Waals surface area contributed by atoms with E-state index in [1.165, 1.54) is 12.8 Å². The summed E-state index contributed by atoms with van der Waals surface area (Å²) >= 11 is 0. The zero-order valence-electron chi connectivity index (χ0n) is 8.83. The zero-order chi connectivity index (χ0) is 10.2. The van der Waals surface area contributed by atoms with Crippen LogP contribution in [-0.2, 0) is 4.79 Å². The van der Waals surface area contributed by atoms with Crippen LogP contribution in [0, 0.1) is 0 Å². The smallest absolute Gasteiger partial charge is 0.244 e. The predicted molar refractivity (Wildman–Crippen MR) is 59.0 cm³/mol. The van der Waals surface area contributed by atoms with Gasteiger partial charge in [-0.15, -0.1) is 0 Å². The lowest BCUT2D eigenvalue weighted by molar-refractivity contribution is -0.116. The summed E-state index contributed by atoms with van der Waals surface area (Å²) in [4.78, 5) is 11.2. The van der Waals surface area contributed by atoms with Crippen LogP contribution in [0.1, 0.15) is 39.0 Å². The van der Waals surface area contributed by atoms with Gasteiger partial charge in [0.05, 0.1) is 0 Å². The van der Waals surface area contributed by atoms with E-state index in [9.17, 15) is 4.79 Å². The summed E-state index contributed by atoms with van der Waals surface area (Å²) in [6.45, 7) is 2.17. The highest BCUT2D eigenvalue weighted by Gasteiger charge is 2.21. The van der Waals surface area contributed by atoms with Crippen LogP contribution in [0.2, 0.25) is 0 Å². The maximum Gasteiger partial charge on any atom is 0.244 e. The molecule has 0 unspecified atom stereocenters. The second-order valence-corrected chi connectivity index (χ2v) is 3.71. The largest absolute Gasteiger partial charge is 0.350 e. The number of hydrogen-bond donors (Lipinski definition) is 1. The average molecular weight is 193 g/mol. The quantitative estimate of drug-likeness (QED) is 0.392. The molecule has 1 aliphatic rings. The maximum atomic E-state index is 11.2. The zero-order valence-corrected chi connectivity index (χ0v) is 8.83. The number of allylic oxidation sites excluding steroid dienone is 3. The Bertz CT molecular complexity index is 226. The average Bonchev–Trinajstić information content (AvgIpc) is 2.95. The van der Waals surface area contributed by atoms with Crippen molar-refractivity contribution in [3.8, 4) is 0 Å². The van der Waals surface area contributed by atoms with E-state index in [1.54, 1.807) is 6.08 Å². The van der Waals surface area contributed by atoms with Crippen molar-refractivity contribution in [3.63, 3.8) is 0 Å². The van der Waals surface area contributed by atoms with Gasteiger partial charge in [0.25, 0.3) is 0 Å². The molecule has 0 spiro atoms. The highest BCUT2D eigenvalue weighted by atomic mass is 16.1. The topological polar surface area (TPSA) is 29.1 Å². The summed E-state index contributed by atoms with van der Waals surface area (Å²) < 4.78 is 0. The molecule has 0 saturated heterocycles. The molecule has 78 valence electrons. The molecule has 0 radical (unpaired) electrons. The number of carbonyl (C=O) groups excluding carboxylic acids is 1. The molecular weight excluding hydrogens is 174 g/mol. The number of unbranched alkanes of at least 4 members (excludes halogenated alkanes) is 2. The minimum atomic E-state index is 0.0349. The Hall–Kier alpha value is -1.05. The molecular formula is C12H19NO. The van der Waals surface area contributed by atoms with E-state index < -0.39 is 0 Å². The summed E-state index contributed by atoms with van der Waals surface area (Å²) in [5.74, 6) is 0.0349. The van der Waals surface area contributed by atoms with Crippen molar-refractivity contribution in [2.24, 2.45) is 0 Å². The first-order chi connectivity index (χ1) is 6.83. The van der Waals surface area contributed by atoms with Crippen LogP contribution in [0.25, 0.3) is 0 Å². The lowest BCUT2D eigenvalue weighted by Gasteiger charge is -1.94. The van der Waals surface area contributed by atoms with Gasteiger partial charge in [0.2, 0.25) is 5.91 Å². The van der Waals surface area contributed by atoms with E-state index in [4.69, 9.17) is 0 Å². The molecule has 0 aromatic carbocycles. The van der Waals surface area contributed by atoms with E-state index in [-0.39, 0.29) is 5.91 Å². The third kappa shape index (κ3) is 5.57. The third-order valence-corrected chi connectivity index (χ3v) is 2.14. The Morgan fingerprint density at radius 3 is 2.86 bits per heavy atom. The Balaban J connectivity index is 2.05. The molecule has 0 heterocycles. The first kappa shape index (κ1) is 11.0. The number of nitrogens with one attached hydrogen (secondary N) is 1. The van der Waals surface area contributed by atoms with Crippen LogP contribution in [0.15, 0.2) is 24.3 Å². The van der Waals surface area contributed by atoms with E-state index in [2.05, 4.69) is 18.3 Å². The molecule has 0 aliphatic heterocycles. The van der Waals surface area contributed by atoms with Gasteiger partial charge < -0.3 is 5.32 Å². The van der Waals surface area contributed by atoms with Gasteiger partial charge in [-0.3, -0.25) is 4.79 Å². The lowest BCUT2D eigenvalue weighted by Crippen LogP contribution is -2.22. The molecule has 0 aromatic rings. The van der Waals surface area contributed by atoms with Crippen molar-refractivity contribution < 1.29 is 4.79 Å². The lowest BCUT2D eigenvalue weighted by atomic mass is 10.2. The molecule has 2 heteroatoms. The summed E-state index contributed by atoms with van der Waals surface area (Å²) in [6, 6.07) is 0.455. The fraction of sp³-hybridized carbons (Fsp3) is 0.583. The standard InChI is InChI=1S/C12H19NO/c1-2-3-4-5-6-7-8-12(14)13-11-9-10-11/h5-8,11H,2-4,9-10H2,1H3,(H,13,14)/b6-5+,8-7+. The molecule has 1 saturated carbocycles. The van der Waals surface area contributed by atoms with E-state index >= 15 is 0 Å². The van der Waals surface area contributed by atoms with Gasteiger partial charge in [0, 0.05) is 12.1 Å². The Morgan fingerprint density at radius 1 is 1.43 bits per heavy atom. The normalized spacial score (nSPS) is 16.6. The molecule has 0 bridgehead atoms. The van der Waals surface area contributed by atoms with Crippen LogP contribution in [0.3, 0.4) is 0 Å². The van der Waals surface area contributed by atoms with Gasteiger partial charge in [-0.2, -0.15) is 0 Å². The summed E-state index contributed by atoms with van der Waals surface area (Å²) in [5.41, 5.74) is 0. The fourth-order valence-corrected chi connectivity index (χ4v) is 1.12. The molecule has 2 nitrogen and oxygen atoms in total. The number of amides is 1. The minimum Gasteiger partial charge on any atom is -0.350 e. The minimum absolute atomic E-state index is 0.0349. The van der Waals surface area contributed by atoms with Gasteiger partial charge in [0.15, 0.2) is 0 Å². The molecule has 0 aromatic heterocycles. The highest BCUT2D eigenvalue weighted by molar-refractivity contribution is 5.88. The van der Waals surface area contributed by atoms with Crippen molar-refractivity contribution in [3.05, 3.63) is 24.3 Å². The third-order valence-electron chi connectivity index (χ3n) is 2.14. The first-order valence-corrected chi connectivity index (χ1v) is 5.46. The molecule has 1 rings (SSSR count). The highest BCUT2D eigenvalue weighted by Crippen LogP contribution is 2.18. The Kier molecular flexibility index (Phi) is 5.05. The van der Waals surface area contributed by atoms with Crippen molar-refractivity contribution in [2.75, 3.05) is 0 Å². The number of rotatable bonds is 6. The van der Waals surface area contributed by atoms with Gasteiger partial charge in [-0.05, 0) is 19.3 Å². The van der Waals surface area contributed by atoms with Gasteiger partial charge in [0.1, 0.15) is 0 Å². The van der Waals surface area contributed by atoms with Gasteiger partial charge in [-0.25, -0.2) is 0 Å². The molecule has 1 N–H and O–H groups in total. The van der Waals surface area contributed by atoms with Crippen LogP contribution in [-0.4, -0.2) is 11.9 Å². The van der Waals surface area contributed by atoms with Crippen molar-refractivity contribution in [1.82, 2.24) is 5.32 Å². The molecule has 1 fully saturated rings. The number of hydrogen-bond acceptors (Lipinski definition) is 1. The van der Waals surface area contributed by atoms with Crippen molar-refractivity contribution in [2.45, 2.75) is 45.1 Å². The SMILES string of the molecule is CCCC/C=C/C=C/C(=O)NC1CC1. The molecule has 14 heavy (non-hydrogen) atoms. The monoisotopic (exact) mass is 193 g/mol. The van der Waals surface area contributed by atoms with Crippen molar-refractivity contribution >= 4 is 5.91 Å². The van der Waals surface area contributed by atoms with E-state index in [1.807, 2.05) is 12.2 Å². The maximum absolute atomic E-state index is 11.2. The summed E-state index contributed by atoms with van der Waals surface area (Å²) in [7, 11) is 0. The predicted octanol–water partition coefficient (Wildman–Crippen LogP) is 2.57. The van der Waals surface area contributed by atoms with Crippen LogP contribution in [0.4, 0.5) is 0 Å². The second-order valence-electron chi connectivity index (χ2n) is 3.71. The fourth-order valence-electron chi connectivity index (χ4n) is 1.12. The second kappa shape index (κ2) is 6.41. The van der Waals surface area contributed by atoms with Crippen molar-refractivity contribution in [1.29, 1.82) is 0 Å². The Morgan fingerprint density at radius 2 is 2.21 bits per heavy atom. The van der Waals surface area contributed by atoms with E-state index in [0.717, 1.165) is 19.3 Å². The summed E-state index contributed by atoms with van der Waals surface area (Å²) in [6.07, 6.45) is 13.3. The first-order valence-electron chi connectivity index (χ1n) is 5.46. The number of carbonyl (C=O) groups is 1. The van der Waals surface area contributed by atoms with Gasteiger partial charge in [-0.1, -0.05) is 38.0 Å². The summed E-state index contributed by atoms with van der Waals surface area (Å²) in [5, 5.41) is 2.90. The molecule has 0 atom stereocenters. The van der Waals surface area contributed by atoms with Crippen LogP contribution in [0.5, 0.6) is 0 Å². The van der Waals surface area contributed by atoms with E-state index in [0.29, 0.717) is 6.04 Å².